The summed E-state index contributed by atoms with van der Waals surface area (Å²) in [5.74, 6) is 1.90. The summed E-state index contributed by atoms with van der Waals surface area (Å²) in [6.07, 6.45) is 3.37. The molecule has 4 nitrogen and oxygen atoms in total. The number of aromatic nitrogens is 2. The van der Waals surface area contributed by atoms with Crippen molar-refractivity contribution in [2.75, 3.05) is 25.2 Å². The second kappa shape index (κ2) is 5.78. The average molecular weight is 300 g/mol. The van der Waals surface area contributed by atoms with Gasteiger partial charge in [0.15, 0.2) is 0 Å². The van der Waals surface area contributed by atoms with E-state index in [-0.39, 0.29) is 0 Å². The Morgan fingerprint density at radius 2 is 2.24 bits per heavy atom. The molecule has 1 aliphatic carbocycles. The summed E-state index contributed by atoms with van der Waals surface area (Å²) in [6, 6.07) is 2.63. The van der Waals surface area contributed by atoms with Crippen LogP contribution in [-0.2, 0) is 11.2 Å². The first-order chi connectivity index (χ1) is 8.24. The van der Waals surface area contributed by atoms with E-state index in [4.69, 9.17) is 4.74 Å². The fourth-order valence-electron chi connectivity index (χ4n) is 1.82. The number of ether oxygens (including phenoxy) is 1. The number of anilines is 1. The summed E-state index contributed by atoms with van der Waals surface area (Å²) in [5.41, 5.74) is 0. The van der Waals surface area contributed by atoms with E-state index >= 15 is 0 Å². The van der Waals surface area contributed by atoms with Crippen LogP contribution in [0, 0.1) is 0 Å². The standard InChI is InChI=1S/C12H18BrN3O/c1-3-11-14-10(13)8-12(15-11)16(6-7-17-2)9-4-5-9/h8-9H,3-7H2,1-2H3. The number of nitrogens with zero attached hydrogens (tertiary/aromatic N) is 3. The van der Waals surface area contributed by atoms with Crippen LogP contribution in [0.1, 0.15) is 25.6 Å². The van der Waals surface area contributed by atoms with Crippen LogP contribution in [0.5, 0.6) is 0 Å². The highest BCUT2D eigenvalue weighted by Crippen LogP contribution is 2.31. The molecule has 0 N–H and O–H groups in total. The summed E-state index contributed by atoms with van der Waals surface area (Å²) < 4.78 is 6.03. The van der Waals surface area contributed by atoms with Gasteiger partial charge >= 0.3 is 0 Å². The van der Waals surface area contributed by atoms with Gasteiger partial charge in [-0.05, 0) is 28.8 Å². The largest absolute Gasteiger partial charge is 0.383 e. The lowest BCUT2D eigenvalue weighted by molar-refractivity contribution is 0.204. The summed E-state index contributed by atoms with van der Waals surface area (Å²) in [5, 5.41) is 0. The molecule has 5 heteroatoms. The zero-order chi connectivity index (χ0) is 12.3. The third-order valence-electron chi connectivity index (χ3n) is 2.86. The third-order valence-corrected chi connectivity index (χ3v) is 3.27. The summed E-state index contributed by atoms with van der Waals surface area (Å²) >= 11 is 3.45. The minimum Gasteiger partial charge on any atom is -0.383 e. The maximum absolute atomic E-state index is 5.16. The predicted octanol–water partition coefficient (Wildman–Crippen LogP) is 2.42. The van der Waals surface area contributed by atoms with Gasteiger partial charge in [-0.15, -0.1) is 0 Å². The summed E-state index contributed by atoms with van der Waals surface area (Å²) in [6.45, 7) is 3.70. The molecule has 0 bridgehead atoms. The Labute approximate surface area is 111 Å². The number of methoxy groups -OCH3 is 1. The zero-order valence-electron chi connectivity index (χ0n) is 10.3. The minimum atomic E-state index is 0.636. The molecule has 2 rings (SSSR count). The first-order valence-electron chi connectivity index (χ1n) is 6.03. The molecule has 1 heterocycles. The molecule has 0 aromatic carbocycles. The van der Waals surface area contributed by atoms with Gasteiger partial charge in [0.25, 0.3) is 0 Å². The fourth-order valence-corrected chi connectivity index (χ4v) is 2.23. The van der Waals surface area contributed by atoms with Crippen molar-refractivity contribution in [3.8, 4) is 0 Å². The Kier molecular flexibility index (Phi) is 4.34. The number of halogens is 1. The highest BCUT2D eigenvalue weighted by Gasteiger charge is 2.30. The van der Waals surface area contributed by atoms with Crippen LogP contribution < -0.4 is 4.90 Å². The van der Waals surface area contributed by atoms with Crippen molar-refractivity contribution in [2.24, 2.45) is 0 Å². The fraction of sp³-hybridized carbons (Fsp3) is 0.667. The zero-order valence-corrected chi connectivity index (χ0v) is 11.9. The molecule has 1 aromatic heterocycles. The Bertz CT molecular complexity index is 382. The van der Waals surface area contributed by atoms with Crippen LogP contribution in [0.3, 0.4) is 0 Å². The van der Waals surface area contributed by atoms with Gasteiger partial charge in [-0.25, -0.2) is 9.97 Å². The SMILES string of the molecule is CCc1nc(Br)cc(N(CCOC)C2CC2)n1. The molecule has 0 amide bonds. The highest BCUT2D eigenvalue weighted by molar-refractivity contribution is 9.10. The molecule has 1 aliphatic rings. The molecule has 1 fully saturated rings. The number of hydrogen-bond acceptors (Lipinski definition) is 4. The third kappa shape index (κ3) is 3.39. The molecule has 0 saturated heterocycles. The Morgan fingerprint density at radius 3 is 2.82 bits per heavy atom. The van der Waals surface area contributed by atoms with Gasteiger partial charge in [0.1, 0.15) is 16.2 Å². The number of aryl methyl sites for hydroxylation is 1. The second-order valence-corrected chi connectivity index (χ2v) is 5.05. The molecule has 0 radical (unpaired) electrons. The first-order valence-corrected chi connectivity index (χ1v) is 6.83. The van der Waals surface area contributed by atoms with Crippen LogP contribution in [0.2, 0.25) is 0 Å². The minimum absolute atomic E-state index is 0.636. The molecule has 17 heavy (non-hydrogen) atoms. The molecular formula is C12H18BrN3O. The topological polar surface area (TPSA) is 38.2 Å². The van der Waals surface area contributed by atoms with Crippen LogP contribution in [-0.4, -0.2) is 36.3 Å². The molecular weight excluding hydrogens is 282 g/mol. The quantitative estimate of drug-likeness (QED) is 0.756. The van der Waals surface area contributed by atoms with Gasteiger partial charge in [-0.1, -0.05) is 6.92 Å². The molecule has 0 spiro atoms. The predicted molar refractivity (Wildman–Crippen MR) is 71.4 cm³/mol. The average Bonchev–Trinajstić information content (AvgIpc) is 3.13. The van der Waals surface area contributed by atoms with E-state index in [9.17, 15) is 0 Å². The van der Waals surface area contributed by atoms with Crippen LogP contribution in [0.4, 0.5) is 5.82 Å². The van der Waals surface area contributed by atoms with Gasteiger partial charge in [0, 0.05) is 32.2 Å². The van der Waals surface area contributed by atoms with Crippen LogP contribution in [0.15, 0.2) is 10.7 Å². The second-order valence-electron chi connectivity index (χ2n) is 4.24. The van der Waals surface area contributed by atoms with Gasteiger partial charge in [-0.3, -0.25) is 0 Å². The number of rotatable bonds is 6. The van der Waals surface area contributed by atoms with Crippen molar-refractivity contribution in [2.45, 2.75) is 32.2 Å². The van der Waals surface area contributed by atoms with E-state index in [0.29, 0.717) is 6.04 Å². The van der Waals surface area contributed by atoms with Crippen molar-refractivity contribution in [3.63, 3.8) is 0 Å². The molecule has 1 aromatic rings. The molecule has 94 valence electrons. The van der Waals surface area contributed by atoms with Gasteiger partial charge < -0.3 is 9.64 Å². The molecule has 0 aliphatic heterocycles. The van der Waals surface area contributed by atoms with E-state index in [2.05, 4.69) is 37.7 Å². The Morgan fingerprint density at radius 1 is 1.47 bits per heavy atom. The van der Waals surface area contributed by atoms with E-state index in [1.807, 2.05) is 6.07 Å². The maximum Gasteiger partial charge on any atom is 0.133 e. The first kappa shape index (κ1) is 12.8. The van der Waals surface area contributed by atoms with Crippen LogP contribution in [0.25, 0.3) is 0 Å². The van der Waals surface area contributed by atoms with E-state index in [1.54, 1.807) is 7.11 Å². The van der Waals surface area contributed by atoms with Gasteiger partial charge in [-0.2, -0.15) is 0 Å². The van der Waals surface area contributed by atoms with E-state index < -0.39 is 0 Å². The summed E-state index contributed by atoms with van der Waals surface area (Å²) in [7, 11) is 1.73. The van der Waals surface area contributed by atoms with Crippen LogP contribution >= 0.6 is 15.9 Å². The van der Waals surface area contributed by atoms with Crippen molar-refractivity contribution in [1.29, 1.82) is 0 Å². The van der Waals surface area contributed by atoms with E-state index in [1.165, 1.54) is 12.8 Å². The normalized spacial score (nSPS) is 15.0. The number of hydrogen-bond donors (Lipinski definition) is 0. The summed E-state index contributed by atoms with van der Waals surface area (Å²) in [4.78, 5) is 11.3. The monoisotopic (exact) mass is 299 g/mol. The maximum atomic E-state index is 5.16. The van der Waals surface area contributed by atoms with Gasteiger partial charge in [0.2, 0.25) is 0 Å². The van der Waals surface area contributed by atoms with Crippen molar-refractivity contribution in [1.82, 2.24) is 9.97 Å². The van der Waals surface area contributed by atoms with E-state index in [0.717, 1.165) is 35.8 Å². The Balaban J connectivity index is 2.18. The lowest BCUT2D eigenvalue weighted by Gasteiger charge is -2.23. The lowest BCUT2D eigenvalue weighted by atomic mass is 10.4. The lowest BCUT2D eigenvalue weighted by Crippen LogP contribution is -2.30. The molecule has 0 atom stereocenters. The highest BCUT2D eigenvalue weighted by atomic mass is 79.9. The molecule has 0 unspecified atom stereocenters. The van der Waals surface area contributed by atoms with Gasteiger partial charge in [0.05, 0.1) is 6.61 Å². The molecule has 1 saturated carbocycles. The van der Waals surface area contributed by atoms with Crippen molar-refractivity contribution < 1.29 is 4.74 Å². The van der Waals surface area contributed by atoms with Crippen molar-refractivity contribution in [3.05, 3.63) is 16.5 Å². The smallest absolute Gasteiger partial charge is 0.133 e. The van der Waals surface area contributed by atoms with Crippen molar-refractivity contribution >= 4 is 21.7 Å². The Hall–Kier alpha value is -0.680.